The van der Waals surface area contributed by atoms with E-state index in [-0.39, 0.29) is 5.91 Å². The Morgan fingerprint density at radius 1 is 1.35 bits per heavy atom. The minimum atomic E-state index is -0.456. The Balaban J connectivity index is 2.69. The Morgan fingerprint density at radius 3 is 2.65 bits per heavy atom. The fraction of sp³-hybridized carbons (Fsp3) is 0.462. The van der Waals surface area contributed by atoms with Crippen molar-refractivity contribution in [2.24, 2.45) is 0 Å². The monoisotopic (exact) mass is 237 g/mol. The highest BCUT2D eigenvalue weighted by atomic mass is 16.5. The highest BCUT2D eigenvalue weighted by Gasteiger charge is 2.17. The molecule has 0 saturated heterocycles. The van der Waals surface area contributed by atoms with Gasteiger partial charge in [0.2, 0.25) is 0 Å². The number of benzene rings is 1. The van der Waals surface area contributed by atoms with E-state index in [1.54, 1.807) is 13.2 Å². The summed E-state index contributed by atoms with van der Waals surface area (Å²) in [5, 5.41) is 2.75. The third-order valence-electron chi connectivity index (χ3n) is 2.33. The standard InChI is InChI=1S/C13H19NO3/c1-4-12(13(15)14-5-2)17-11-8-6-7-10(9-11)16-3/h6-9,12H,4-5H2,1-3H3,(H,14,15)/t12-/m1/s1. The molecule has 0 fully saturated rings. The van der Waals surface area contributed by atoms with Gasteiger partial charge in [-0.25, -0.2) is 0 Å². The first-order chi connectivity index (χ1) is 8.21. The molecule has 0 saturated carbocycles. The highest BCUT2D eigenvalue weighted by molar-refractivity contribution is 5.81. The van der Waals surface area contributed by atoms with Crippen LogP contribution in [-0.2, 0) is 4.79 Å². The number of rotatable bonds is 6. The third-order valence-corrected chi connectivity index (χ3v) is 2.33. The molecule has 0 aliphatic rings. The van der Waals surface area contributed by atoms with E-state index < -0.39 is 6.10 Å². The van der Waals surface area contributed by atoms with Crippen LogP contribution in [-0.4, -0.2) is 25.7 Å². The van der Waals surface area contributed by atoms with Gasteiger partial charge in [-0.2, -0.15) is 0 Å². The van der Waals surface area contributed by atoms with Crippen LogP contribution in [0.3, 0.4) is 0 Å². The first-order valence-electron chi connectivity index (χ1n) is 5.79. The average molecular weight is 237 g/mol. The predicted octanol–water partition coefficient (Wildman–Crippen LogP) is 1.99. The summed E-state index contributed by atoms with van der Waals surface area (Å²) < 4.78 is 10.7. The second kappa shape index (κ2) is 6.78. The quantitative estimate of drug-likeness (QED) is 0.823. The molecule has 1 N–H and O–H groups in total. The van der Waals surface area contributed by atoms with Crippen LogP contribution in [0.25, 0.3) is 0 Å². The fourth-order valence-electron chi connectivity index (χ4n) is 1.45. The molecule has 17 heavy (non-hydrogen) atoms. The van der Waals surface area contributed by atoms with Crippen LogP contribution >= 0.6 is 0 Å². The average Bonchev–Trinajstić information content (AvgIpc) is 2.36. The van der Waals surface area contributed by atoms with Gasteiger partial charge in [-0.1, -0.05) is 13.0 Å². The van der Waals surface area contributed by atoms with Crippen LogP contribution in [0.4, 0.5) is 0 Å². The molecule has 1 aromatic carbocycles. The minimum Gasteiger partial charge on any atom is -0.497 e. The van der Waals surface area contributed by atoms with E-state index in [0.717, 1.165) is 0 Å². The van der Waals surface area contributed by atoms with Gasteiger partial charge >= 0.3 is 0 Å². The van der Waals surface area contributed by atoms with Crippen molar-refractivity contribution in [1.82, 2.24) is 5.32 Å². The molecule has 0 aliphatic heterocycles. The molecule has 0 bridgehead atoms. The Bertz CT molecular complexity index is 365. The molecule has 0 radical (unpaired) electrons. The Hall–Kier alpha value is -1.71. The van der Waals surface area contributed by atoms with Crippen molar-refractivity contribution in [3.05, 3.63) is 24.3 Å². The number of methoxy groups -OCH3 is 1. The molecule has 94 valence electrons. The lowest BCUT2D eigenvalue weighted by Crippen LogP contribution is -2.37. The summed E-state index contributed by atoms with van der Waals surface area (Å²) in [5.41, 5.74) is 0. The van der Waals surface area contributed by atoms with Crippen molar-refractivity contribution in [3.8, 4) is 11.5 Å². The Kier molecular flexibility index (Phi) is 5.33. The summed E-state index contributed by atoms with van der Waals surface area (Å²) in [6.45, 7) is 4.41. The second-order valence-corrected chi connectivity index (χ2v) is 3.59. The van der Waals surface area contributed by atoms with Gasteiger partial charge in [0.15, 0.2) is 6.10 Å². The van der Waals surface area contributed by atoms with Crippen LogP contribution in [0.5, 0.6) is 11.5 Å². The molecule has 0 spiro atoms. The number of carbonyl (C=O) groups excluding carboxylic acids is 1. The Morgan fingerprint density at radius 2 is 2.06 bits per heavy atom. The van der Waals surface area contributed by atoms with Gasteiger partial charge in [-0.3, -0.25) is 4.79 Å². The fourth-order valence-corrected chi connectivity index (χ4v) is 1.45. The summed E-state index contributed by atoms with van der Waals surface area (Å²) in [7, 11) is 1.60. The van der Waals surface area contributed by atoms with E-state index in [1.165, 1.54) is 0 Å². The SMILES string of the molecule is CCNC(=O)[C@@H](CC)Oc1cccc(OC)c1. The molecule has 0 unspecified atom stereocenters. The summed E-state index contributed by atoms with van der Waals surface area (Å²) in [6.07, 6.45) is 0.172. The molecule has 1 atom stereocenters. The molecule has 4 heteroatoms. The number of carbonyl (C=O) groups is 1. The molecular formula is C13H19NO3. The number of amides is 1. The molecule has 0 aromatic heterocycles. The first-order valence-corrected chi connectivity index (χ1v) is 5.79. The lowest BCUT2D eigenvalue weighted by atomic mass is 10.2. The van der Waals surface area contributed by atoms with Crippen LogP contribution in [0.1, 0.15) is 20.3 Å². The van der Waals surface area contributed by atoms with Gasteiger partial charge in [0, 0.05) is 12.6 Å². The molecule has 1 amide bonds. The maximum Gasteiger partial charge on any atom is 0.261 e. The first kappa shape index (κ1) is 13.4. The number of nitrogens with one attached hydrogen (secondary N) is 1. The minimum absolute atomic E-state index is 0.0854. The highest BCUT2D eigenvalue weighted by Crippen LogP contribution is 2.20. The van der Waals surface area contributed by atoms with Crippen molar-refractivity contribution >= 4 is 5.91 Å². The van der Waals surface area contributed by atoms with Gasteiger partial charge in [-0.05, 0) is 25.5 Å². The summed E-state index contributed by atoms with van der Waals surface area (Å²) in [5.74, 6) is 1.27. The maximum absolute atomic E-state index is 11.7. The Labute approximate surface area is 102 Å². The van der Waals surface area contributed by atoms with Crippen LogP contribution in [0.2, 0.25) is 0 Å². The molecule has 1 aromatic rings. The molecule has 0 aliphatic carbocycles. The summed E-state index contributed by atoms with van der Waals surface area (Å²) in [6, 6.07) is 7.24. The van der Waals surface area contributed by atoms with E-state index in [9.17, 15) is 4.79 Å². The van der Waals surface area contributed by atoms with E-state index in [2.05, 4.69) is 5.32 Å². The van der Waals surface area contributed by atoms with E-state index >= 15 is 0 Å². The lowest BCUT2D eigenvalue weighted by molar-refractivity contribution is -0.128. The number of hydrogen-bond donors (Lipinski definition) is 1. The van der Waals surface area contributed by atoms with Crippen LogP contribution < -0.4 is 14.8 Å². The smallest absolute Gasteiger partial charge is 0.261 e. The number of likely N-dealkylation sites (N-methyl/N-ethyl adjacent to an activating group) is 1. The van der Waals surface area contributed by atoms with E-state index in [4.69, 9.17) is 9.47 Å². The molecule has 0 heterocycles. The number of hydrogen-bond acceptors (Lipinski definition) is 3. The maximum atomic E-state index is 11.7. The molecule has 4 nitrogen and oxygen atoms in total. The third kappa shape index (κ3) is 3.98. The largest absolute Gasteiger partial charge is 0.497 e. The zero-order chi connectivity index (χ0) is 12.7. The normalized spacial score (nSPS) is 11.7. The van der Waals surface area contributed by atoms with Crippen molar-refractivity contribution < 1.29 is 14.3 Å². The van der Waals surface area contributed by atoms with Gasteiger partial charge in [0.05, 0.1) is 7.11 Å². The zero-order valence-corrected chi connectivity index (χ0v) is 10.5. The summed E-state index contributed by atoms with van der Waals surface area (Å²) in [4.78, 5) is 11.7. The molecular weight excluding hydrogens is 218 g/mol. The topological polar surface area (TPSA) is 47.6 Å². The zero-order valence-electron chi connectivity index (χ0n) is 10.5. The van der Waals surface area contributed by atoms with Crippen molar-refractivity contribution in [2.45, 2.75) is 26.4 Å². The van der Waals surface area contributed by atoms with Crippen LogP contribution in [0, 0.1) is 0 Å². The summed E-state index contributed by atoms with van der Waals surface area (Å²) >= 11 is 0. The van der Waals surface area contributed by atoms with Gasteiger partial charge < -0.3 is 14.8 Å². The predicted molar refractivity (Wildman–Crippen MR) is 66.4 cm³/mol. The lowest BCUT2D eigenvalue weighted by Gasteiger charge is -2.17. The van der Waals surface area contributed by atoms with E-state index in [0.29, 0.717) is 24.5 Å². The van der Waals surface area contributed by atoms with Crippen LogP contribution in [0.15, 0.2) is 24.3 Å². The van der Waals surface area contributed by atoms with Crippen molar-refractivity contribution in [3.63, 3.8) is 0 Å². The van der Waals surface area contributed by atoms with Crippen molar-refractivity contribution in [2.75, 3.05) is 13.7 Å². The van der Waals surface area contributed by atoms with Crippen molar-refractivity contribution in [1.29, 1.82) is 0 Å². The van der Waals surface area contributed by atoms with Gasteiger partial charge in [0.1, 0.15) is 11.5 Å². The van der Waals surface area contributed by atoms with E-state index in [1.807, 2.05) is 32.0 Å². The number of ether oxygens (including phenoxy) is 2. The second-order valence-electron chi connectivity index (χ2n) is 3.59. The molecule has 1 rings (SSSR count). The van der Waals surface area contributed by atoms with Gasteiger partial charge in [0.25, 0.3) is 5.91 Å². The van der Waals surface area contributed by atoms with Gasteiger partial charge in [-0.15, -0.1) is 0 Å².